The van der Waals surface area contributed by atoms with Gasteiger partial charge in [0.05, 0.1) is 35.0 Å². The van der Waals surface area contributed by atoms with E-state index in [-0.39, 0.29) is 6.04 Å². The standard InChI is InChI=1S/C18H18N6O/c1-12(11-25-2)21-18-20-10-17-13(7-9-24(17)23-18)14-5-6-15-16(22-14)4-3-8-19-15/h3-10,12H,11H2,1-2H3,(H,21,23). The molecule has 0 aromatic carbocycles. The number of fused-ring (bicyclic) bond motifs is 2. The van der Waals surface area contributed by atoms with Gasteiger partial charge in [-0.2, -0.15) is 0 Å². The Bertz CT molecular complexity index is 1030. The minimum absolute atomic E-state index is 0.132. The number of rotatable bonds is 5. The molecule has 0 amide bonds. The summed E-state index contributed by atoms with van der Waals surface area (Å²) in [5, 5.41) is 7.72. The molecule has 1 atom stereocenters. The van der Waals surface area contributed by atoms with Gasteiger partial charge in [-0.15, -0.1) is 5.10 Å². The van der Waals surface area contributed by atoms with Crippen LogP contribution in [0, 0.1) is 0 Å². The maximum atomic E-state index is 5.12. The van der Waals surface area contributed by atoms with Crippen molar-refractivity contribution in [2.45, 2.75) is 13.0 Å². The molecule has 25 heavy (non-hydrogen) atoms. The molecule has 0 spiro atoms. The molecule has 0 radical (unpaired) electrons. The number of aromatic nitrogens is 5. The van der Waals surface area contributed by atoms with Crippen LogP contribution in [0.5, 0.6) is 0 Å². The molecule has 126 valence electrons. The summed E-state index contributed by atoms with van der Waals surface area (Å²) in [6, 6.07) is 9.92. The Morgan fingerprint density at radius 2 is 2.08 bits per heavy atom. The summed E-state index contributed by atoms with van der Waals surface area (Å²) in [5.41, 5.74) is 4.51. The maximum absolute atomic E-state index is 5.12. The number of methoxy groups -OCH3 is 1. The molecule has 4 heterocycles. The SMILES string of the molecule is COCC(C)Nc1ncc2c(-c3ccc4ncccc4n3)ccn2n1. The van der Waals surface area contributed by atoms with Gasteiger partial charge < -0.3 is 10.1 Å². The Kier molecular flexibility index (Phi) is 3.99. The molecule has 4 aromatic heterocycles. The zero-order valence-electron chi connectivity index (χ0n) is 14.0. The lowest BCUT2D eigenvalue weighted by atomic mass is 10.1. The first-order valence-electron chi connectivity index (χ1n) is 8.06. The van der Waals surface area contributed by atoms with Crippen LogP contribution in [-0.2, 0) is 4.74 Å². The molecule has 4 rings (SSSR count). The molecule has 0 saturated heterocycles. The second-order valence-electron chi connectivity index (χ2n) is 5.88. The van der Waals surface area contributed by atoms with E-state index in [0.29, 0.717) is 12.6 Å². The van der Waals surface area contributed by atoms with Crippen LogP contribution >= 0.6 is 0 Å². The molecule has 0 fully saturated rings. The van der Waals surface area contributed by atoms with E-state index in [4.69, 9.17) is 9.72 Å². The third kappa shape index (κ3) is 3.01. The number of anilines is 1. The van der Waals surface area contributed by atoms with Gasteiger partial charge in [0.1, 0.15) is 0 Å². The fourth-order valence-electron chi connectivity index (χ4n) is 2.80. The lowest BCUT2D eigenvalue weighted by Gasteiger charge is -2.12. The third-order valence-electron chi connectivity index (χ3n) is 3.94. The number of hydrogen-bond acceptors (Lipinski definition) is 6. The molecule has 4 aromatic rings. The highest BCUT2D eigenvalue weighted by Crippen LogP contribution is 2.25. The Balaban J connectivity index is 1.70. The number of nitrogens with one attached hydrogen (secondary N) is 1. The predicted molar refractivity (Wildman–Crippen MR) is 96.5 cm³/mol. The first-order valence-corrected chi connectivity index (χ1v) is 8.06. The van der Waals surface area contributed by atoms with Crippen LogP contribution in [0.3, 0.4) is 0 Å². The van der Waals surface area contributed by atoms with E-state index in [1.54, 1.807) is 24.0 Å². The number of pyridine rings is 2. The zero-order chi connectivity index (χ0) is 17.2. The van der Waals surface area contributed by atoms with Crippen molar-refractivity contribution in [1.29, 1.82) is 0 Å². The van der Waals surface area contributed by atoms with E-state index in [0.717, 1.165) is 27.8 Å². The maximum Gasteiger partial charge on any atom is 0.241 e. The summed E-state index contributed by atoms with van der Waals surface area (Å²) < 4.78 is 6.93. The second kappa shape index (κ2) is 6.45. The Morgan fingerprint density at radius 3 is 2.96 bits per heavy atom. The number of nitrogens with zero attached hydrogens (tertiary/aromatic N) is 5. The van der Waals surface area contributed by atoms with Crippen molar-refractivity contribution in [3.8, 4) is 11.3 Å². The summed E-state index contributed by atoms with van der Waals surface area (Å²) in [7, 11) is 1.67. The summed E-state index contributed by atoms with van der Waals surface area (Å²) in [4.78, 5) is 13.4. The quantitative estimate of drug-likeness (QED) is 0.605. The van der Waals surface area contributed by atoms with Gasteiger partial charge in [0.2, 0.25) is 5.95 Å². The summed E-state index contributed by atoms with van der Waals surface area (Å²) in [6.07, 6.45) is 5.48. The van der Waals surface area contributed by atoms with Gasteiger partial charge in [0.25, 0.3) is 0 Å². The molecule has 1 unspecified atom stereocenters. The Morgan fingerprint density at radius 1 is 1.16 bits per heavy atom. The second-order valence-corrected chi connectivity index (χ2v) is 5.88. The summed E-state index contributed by atoms with van der Waals surface area (Å²) in [5.74, 6) is 0.565. The van der Waals surface area contributed by atoms with Crippen molar-refractivity contribution in [1.82, 2.24) is 24.6 Å². The molecule has 0 aliphatic carbocycles. The highest BCUT2D eigenvalue weighted by Gasteiger charge is 2.11. The number of ether oxygens (including phenoxy) is 1. The van der Waals surface area contributed by atoms with Gasteiger partial charge in [-0.25, -0.2) is 14.5 Å². The van der Waals surface area contributed by atoms with Gasteiger partial charge in [0.15, 0.2) is 0 Å². The minimum Gasteiger partial charge on any atom is -0.383 e. The van der Waals surface area contributed by atoms with E-state index < -0.39 is 0 Å². The summed E-state index contributed by atoms with van der Waals surface area (Å²) >= 11 is 0. The van der Waals surface area contributed by atoms with Crippen LogP contribution < -0.4 is 5.32 Å². The predicted octanol–water partition coefficient (Wildman–Crippen LogP) is 2.79. The number of hydrogen-bond donors (Lipinski definition) is 1. The van der Waals surface area contributed by atoms with E-state index in [2.05, 4.69) is 20.4 Å². The van der Waals surface area contributed by atoms with E-state index in [1.165, 1.54) is 0 Å². The topological polar surface area (TPSA) is 77.2 Å². The molecule has 1 N–H and O–H groups in total. The lowest BCUT2D eigenvalue weighted by molar-refractivity contribution is 0.190. The Labute approximate surface area is 144 Å². The Hall–Kier alpha value is -3.06. The van der Waals surface area contributed by atoms with Gasteiger partial charge in [-0.1, -0.05) is 0 Å². The van der Waals surface area contributed by atoms with Crippen LogP contribution in [0.15, 0.2) is 48.9 Å². The first kappa shape index (κ1) is 15.5. The highest BCUT2D eigenvalue weighted by molar-refractivity contribution is 5.83. The van der Waals surface area contributed by atoms with Gasteiger partial charge in [-0.05, 0) is 37.3 Å². The molecule has 0 saturated carbocycles. The van der Waals surface area contributed by atoms with Crippen LogP contribution in [0.4, 0.5) is 5.95 Å². The zero-order valence-corrected chi connectivity index (χ0v) is 14.0. The molecule has 7 nitrogen and oxygen atoms in total. The van der Waals surface area contributed by atoms with Crippen LogP contribution in [-0.4, -0.2) is 44.3 Å². The van der Waals surface area contributed by atoms with Crippen molar-refractivity contribution in [3.05, 3.63) is 48.9 Å². The molecule has 7 heteroatoms. The average Bonchev–Trinajstić information content (AvgIpc) is 3.04. The fraction of sp³-hybridized carbons (Fsp3) is 0.222. The van der Waals surface area contributed by atoms with Crippen molar-refractivity contribution >= 4 is 22.5 Å². The van der Waals surface area contributed by atoms with Gasteiger partial charge in [0, 0.05) is 31.1 Å². The molecule has 0 aliphatic rings. The molecular formula is C18H18N6O. The van der Waals surface area contributed by atoms with Crippen molar-refractivity contribution in [2.24, 2.45) is 0 Å². The lowest BCUT2D eigenvalue weighted by Crippen LogP contribution is -2.22. The van der Waals surface area contributed by atoms with Crippen molar-refractivity contribution < 1.29 is 4.74 Å². The largest absolute Gasteiger partial charge is 0.383 e. The highest BCUT2D eigenvalue weighted by atomic mass is 16.5. The van der Waals surface area contributed by atoms with Crippen LogP contribution in [0.25, 0.3) is 27.8 Å². The molecular weight excluding hydrogens is 316 g/mol. The van der Waals surface area contributed by atoms with Crippen LogP contribution in [0.1, 0.15) is 6.92 Å². The van der Waals surface area contributed by atoms with E-state index in [9.17, 15) is 0 Å². The molecule has 0 aliphatic heterocycles. The van der Waals surface area contributed by atoms with Gasteiger partial charge in [-0.3, -0.25) is 4.98 Å². The molecule has 0 bridgehead atoms. The van der Waals surface area contributed by atoms with E-state index in [1.807, 2.05) is 43.5 Å². The minimum atomic E-state index is 0.132. The van der Waals surface area contributed by atoms with Crippen molar-refractivity contribution in [2.75, 3.05) is 19.0 Å². The third-order valence-corrected chi connectivity index (χ3v) is 3.94. The monoisotopic (exact) mass is 334 g/mol. The van der Waals surface area contributed by atoms with Crippen LogP contribution in [0.2, 0.25) is 0 Å². The summed E-state index contributed by atoms with van der Waals surface area (Å²) in [6.45, 7) is 2.61. The van der Waals surface area contributed by atoms with Gasteiger partial charge >= 0.3 is 0 Å². The van der Waals surface area contributed by atoms with Crippen molar-refractivity contribution in [3.63, 3.8) is 0 Å². The first-order chi connectivity index (χ1) is 12.2. The normalized spacial score (nSPS) is 12.6. The van der Waals surface area contributed by atoms with E-state index >= 15 is 0 Å². The average molecular weight is 334 g/mol. The smallest absolute Gasteiger partial charge is 0.241 e. The fourth-order valence-corrected chi connectivity index (χ4v) is 2.80.